The van der Waals surface area contributed by atoms with Crippen LogP contribution in [0.25, 0.3) is 10.2 Å². The molecule has 0 bridgehead atoms. The standard InChI is InChI=1S/C17H24N4O5S2/c1-20-5-7-21(8-6-20)28(23,24)13-3-4-14-15(11-13)27-17(18-14)19-16(22)12-26-10-9-25-2/h3-4,11H,5-10,12H2,1-2H3,(H,18,19,22). The van der Waals surface area contributed by atoms with E-state index >= 15 is 0 Å². The monoisotopic (exact) mass is 428 g/mol. The lowest BCUT2D eigenvalue weighted by molar-refractivity contribution is -0.121. The zero-order valence-corrected chi connectivity index (χ0v) is 17.5. The van der Waals surface area contributed by atoms with E-state index in [1.165, 1.54) is 15.6 Å². The van der Waals surface area contributed by atoms with Crippen LogP contribution >= 0.6 is 11.3 Å². The average molecular weight is 429 g/mol. The van der Waals surface area contributed by atoms with Gasteiger partial charge in [0, 0.05) is 33.3 Å². The average Bonchev–Trinajstić information content (AvgIpc) is 3.07. The van der Waals surface area contributed by atoms with Gasteiger partial charge in [-0.25, -0.2) is 13.4 Å². The van der Waals surface area contributed by atoms with Crippen LogP contribution < -0.4 is 5.32 Å². The number of methoxy groups -OCH3 is 1. The smallest absolute Gasteiger partial charge is 0.252 e. The molecule has 3 rings (SSSR count). The van der Waals surface area contributed by atoms with Crippen LogP contribution in [0, 0.1) is 0 Å². The van der Waals surface area contributed by atoms with Gasteiger partial charge in [-0.2, -0.15) is 4.31 Å². The Morgan fingerprint density at radius 1 is 1.25 bits per heavy atom. The minimum absolute atomic E-state index is 0.0949. The van der Waals surface area contributed by atoms with Crippen molar-refractivity contribution >= 4 is 42.6 Å². The van der Waals surface area contributed by atoms with Gasteiger partial charge in [-0.05, 0) is 25.2 Å². The molecule has 1 N–H and O–H groups in total. The number of nitrogens with one attached hydrogen (secondary N) is 1. The quantitative estimate of drug-likeness (QED) is 0.622. The maximum absolute atomic E-state index is 12.9. The van der Waals surface area contributed by atoms with Crippen molar-refractivity contribution in [3.8, 4) is 0 Å². The maximum atomic E-state index is 12.9. The number of carbonyl (C=O) groups excluding carboxylic acids is 1. The number of piperazine rings is 1. The first-order valence-corrected chi connectivity index (χ1v) is 11.1. The molecule has 0 aliphatic carbocycles. The van der Waals surface area contributed by atoms with Crippen molar-refractivity contribution in [2.75, 3.05) is 65.5 Å². The second-order valence-corrected chi connectivity index (χ2v) is 9.42. The zero-order chi connectivity index (χ0) is 20.1. The summed E-state index contributed by atoms with van der Waals surface area (Å²) in [4.78, 5) is 18.6. The molecule has 0 spiro atoms. The molecular weight excluding hydrogens is 404 g/mol. The fraction of sp³-hybridized carbons (Fsp3) is 0.529. The van der Waals surface area contributed by atoms with Gasteiger partial charge in [0.2, 0.25) is 10.0 Å². The lowest BCUT2D eigenvalue weighted by atomic mass is 10.3. The third-order valence-electron chi connectivity index (χ3n) is 4.37. The van der Waals surface area contributed by atoms with Crippen LogP contribution in [-0.4, -0.2) is 88.7 Å². The lowest BCUT2D eigenvalue weighted by Gasteiger charge is -2.31. The van der Waals surface area contributed by atoms with E-state index in [1.807, 2.05) is 7.05 Å². The van der Waals surface area contributed by atoms with E-state index in [2.05, 4.69) is 15.2 Å². The van der Waals surface area contributed by atoms with Crippen molar-refractivity contribution in [3.63, 3.8) is 0 Å². The van der Waals surface area contributed by atoms with Gasteiger partial charge in [0.15, 0.2) is 5.13 Å². The van der Waals surface area contributed by atoms with Gasteiger partial charge in [0.1, 0.15) is 6.61 Å². The minimum Gasteiger partial charge on any atom is -0.382 e. The molecule has 28 heavy (non-hydrogen) atoms. The highest BCUT2D eigenvalue weighted by Gasteiger charge is 2.27. The number of sulfonamides is 1. The number of aromatic nitrogens is 1. The van der Waals surface area contributed by atoms with Gasteiger partial charge in [-0.1, -0.05) is 11.3 Å². The Labute approximate surface area is 168 Å². The highest BCUT2D eigenvalue weighted by atomic mass is 32.2. The molecule has 1 aromatic heterocycles. The first-order valence-electron chi connectivity index (χ1n) is 8.86. The molecule has 1 aromatic carbocycles. The number of hydrogen-bond acceptors (Lipinski definition) is 8. The van der Waals surface area contributed by atoms with Gasteiger partial charge in [-0.3, -0.25) is 10.1 Å². The van der Waals surface area contributed by atoms with Crippen molar-refractivity contribution in [1.29, 1.82) is 0 Å². The molecule has 0 unspecified atom stereocenters. The van der Waals surface area contributed by atoms with E-state index in [-0.39, 0.29) is 17.4 Å². The van der Waals surface area contributed by atoms with Gasteiger partial charge in [0.05, 0.1) is 28.3 Å². The molecule has 9 nitrogen and oxygen atoms in total. The third kappa shape index (κ3) is 5.04. The molecule has 1 aliphatic heterocycles. The Morgan fingerprint density at radius 3 is 2.71 bits per heavy atom. The predicted molar refractivity (Wildman–Crippen MR) is 107 cm³/mol. The van der Waals surface area contributed by atoms with Crippen LogP contribution in [0.5, 0.6) is 0 Å². The van der Waals surface area contributed by atoms with E-state index in [9.17, 15) is 13.2 Å². The normalized spacial score (nSPS) is 16.5. The van der Waals surface area contributed by atoms with Crippen molar-refractivity contribution in [3.05, 3.63) is 18.2 Å². The molecule has 1 saturated heterocycles. The van der Waals surface area contributed by atoms with Crippen LogP contribution in [-0.2, 0) is 24.3 Å². The number of likely N-dealkylation sites (N-methyl/N-ethyl adjacent to an activating group) is 1. The van der Waals surface area contributed by atoms with Crippen molar-refractivity contribution < 1.29 is 22.7 Å². The molecule has 11 heteroatoms. The molecule has 2 aromatic rings. The number of hydrogen-bond donors (Lipinski definition) is 1. The minimum atomic E-state index is -3.54. The predicted octanol–water partition coefficient (Wildman–Crippen LogP) is 0.834. The molecule has 1 aliphatic rings. The number of amides is 1. The Balaban J connectivity index is 1.69. The number of carbonyl (C=O) groups is 1. The van der Waals surface area contributed by atoms with E-state index in [0.29, 0.717) is 54.7 Å². The fourth-order valence-corrected chi connectivity index (χ4v) is 5.20. The summed E-state index contributed by atoms with van der Waals surface area (Å²) >= 11 is 1.23. The second-order valence-electron chi connectivity index (χ2n) is 6.45. The van der Waals surface area contributed by atoms with Crippen molar-refractivity contribution in [2.24, 2.45) is 0 Å². The summed E-state index contributed by atoms with van der Waals surface area (Å²) in [7, 11) is -0.00562. The summed E-state index contributed by atoms with van der Waals surface area (Å²) in [5, 5.41) is 3.08. The number of ether oxygens (including phenoxy) is 2. The molecule has 0 atom stereocenters. The summed E-state index contributed by atoms with van der Waals surface area (Å²) in [6.07, 6.45) is 0. The van der Waals surface area contributed by atoms with E-state index < -0.39 is 10.0 Å². The van der Waals surface area contributed by atoms with Crippen molar-refractivity contribution in [2.45, 2.75) is 4.90 Å². The first-order chi connectivity index (χ1) is 13.4. The number of anilines is 1. The topological polar surface area (TPSA) is 101 Å². The fourth-order valence-electron chi connectivity index (χ4n) is 2.76. The molecule has 154 valence electrons. The largest absolute Gasteiger partial charge is 0.382 e. The van der Waals surface area contributed by atoms with Gasteiger partial charge in [0.25, 0.3) is 5.91 Å². The first kappa shape index (κ1) is 21.1. The SMILES string of the molecule is COCCOCC(=O)Nc1nc2ccc(S(=O)(=O)N3CCN(C)CC3)cc2s1. The second kappa shape index (κ2) is 9.25. The summed E-state index contributed by atoms with van der Waals surface area (Å²) in [6.45, 7) is 3.03. The summed E-state index contributed by atoms with van der Waals surface area (Å²) in [6, 6.07) is 4.85. The molecule has 0 saturated carbocycles. The van der Waals surface area contributed by atoms with Gasteiger partial charge < -0.3 is 14.4 Å². The zero-order valence-electron chi connectivity index (χ0n) is 15.9. The van der Waals surface area contributed by atoms with Crippen LogP contribution in [0.3, 0.4) is 0 Å². The number of thiazole rings is 1. The van der Waals surface area contributed by atoms with E-state index in [1.54, 1.807) is 25.3 Å². The van der Waals surface area contributed by atoms with Crippen molar-refractivity contribution in [1.82, 2.24) is 14.2 Å². The van der Waals surface area contributed by atoms with E-state index in [0.717, 1.165) is 0 Å². The molecular formula is C17H24N4O5S2. The highest BCUT2D eigenvalue weighted by molar-refractivity contribution is 7.89. The maximum Gasteiger partial charge on any atom is 0.252 e. The van der Waals surface area contributed by atoms with Gasteiger partial charge in [-0.15, -0.1) is 0 Å². The van der Waals surface area contributed by atoms with Gasteiger partial charge >= 0.3 is 0 Å². The Hall–Kier alpha value is -1.63. The Morgan fingerprint density at radius 2 is 2.00 bits per heavy atom. The number of benzene rings is 1. The summed E-state index contributed by atoms with van der Waals surface area (Å²) in [5.41, 5.74) is 0.637. The van der Waals surface area contributed by atoms with Crippen LogP contribution in [0.2, 0.25) is 0 Å². The number of fused-ring (bicyclic) bond motifs is 1. The summed E-state index contributed by atoms with van der Waals surface area (Å²) in [5.74, 6) is -0.319. The van der Waals surface area contributed by atoms with Crippen LogP contribution in [0.15, 0.2) is 23.1 Å². The molecule has 1 fully saturated rings. The Kier molecular flexibility index (Phi) is 6.96. The van der Waals surface area contributed by atoms with Crippen LogP contribution in [0.1, 0.15) is 0 Å². The van der Waals surface area contributed by atoms with Crippen LogP contribution in [0.4, 0.5) is 5.13 Å². The third-order valence-corrected chi connectivity index (χ3v) is 7.20. The highest BCUT2D eigenvalue weighted by Crippen LogP contribution is 2.29. The summed E-state index contributed by atoms with van der Waals surface area (Å²) < 4.78 is 38.0. The molecule has 0 radical (unpaired) electrons. The number of nitrogens with zero attached hydrogens (tertiary/aromatic N) is 3. The lowest BCUT2D eigenvalue weighted by Crippen LogP contribution is -2.46. The Bertz CT molecular complexity index is 923. The van der Waals surface area contributed by atoms with E-state index in [4.69, 9.17) is 9.47 Å². The molecule has 2 heterocycles. The number of rotatable bonds is 8. The molecule has 1 amide bonds.